The van der Waals surface area contributed by atoms with Gasteiger partial charge in [0.15, 0.2) is 0 Å². The van der Waals surface area contributed by atoms with Gasteiger partial charge >= 0.3 is 5.97 Å². The van der Waals surface area contributed by atoms with Gasteiger partial charge in [-0.1, -0.05) is 28.4 Å². The number of nitrogens with zero attached hydrogens (tertiary/aromatic N) is 3. The lowest BCUT2D eigenvalue weighted by molar-refractivity contribution is -0.143. The Balaban J connectivity index is 1.45. The fourth-order valence-electron chi connectivity index (χ4n) is 4.11. The van der Waals surface area contributed by atoms with Crippen molar-refractivity contribution >= 4 is 40.1 Å². The Hall–Kier alpha value is -2.90. The van der Waals surface area contributed by atoms with Crippen LogP contribution in [-0.2, 0) is 16.0 Å². The number of aromatic amines is 1. The summed E-state index contributed by atoms with van der Waals surface area (Å²) in [5.74, 6) is 0.786. The lowest BCUT2D eigenvalue weighted by atomic mass is 10.0. The van der Waals surface area contributed by atoms with E-state index in [0.717, 1.165) is 35.0 Å². The van der Waals surface area contributed by atoms with Crippen molar-refractivity contribution in [2.45, 2.75) is 32.1 Å². The van der Waals surface area contributed by atoms with Gasteiger partial charge in [-0.15, -0.1) is 0 Å². The number of carbonyl (C=O) groups excluding carboxylic acids is 1. The summed E-state index contributed by atoms with van der Waals surface area (Å²) in [6.45, 7) is 2.23. The number of rotatable bonds is 5. The highest BCUT2D eigenvalue weighted by Gasteiger charge is 2.29. The van der Waals surface area contributed by atoms with E-state index in [-0.39, 0.29) is 17.0 Å². The maximum Gasteiger partial charge on any atom is 0.306 e. The molecule has 0 spiro atoms. The molecule has 4 aromatic rings. The van der Waals surface area contributed by atoms with Crippen LogP contribution >= 0.6 is 23.2 Å². The molecule has 1 atom stereocenters. The summed E-state index contributed by atoms with van der Waals surface area (Å²) in [6, 6.07) is 7.64. The van der Waals surface area contributed by atoms with Crippen LogP contribution in [0, 0.1) is 0 Å². The summed E-state index contributed by atoms with van der Waals surface area (Å²) in [6.07, 6.45) is 3.77. The van der Waals surface area contributed by atoms with Crippen LogP contribution in [0.3, 0.4) is 0 Å². The Kier molecular flexibility index (Phi) is 5.16. The molecule has 158 valence electrons. The minimum Gasteiger partial charge on any atom is -0.466 e. The third-order valence-electron chi connectivity index (χ3n) is 5.54. The van der Waals surface area contributed by atoms with E-state index in [4.69, 9.17) is 32.5 Å². The third kappa shape index (κ3) is 3.68. The van der Waals surface area contributed by atoms with Crippen molar-refractivity contribution in [3.05, 3.63) is 51.9 Å². The zero-order valence-corrected chi connectivity index (χ0v) is 18.1. The van der Waals surface area contributed by atoms with Crippen molar-refractivity contribution in [2.75, 3.05) is 6.61 Å². The number of aromatic nitrogens is 4. The standard InChI is InChI=1S/C22H18Cl2N4O3/c1-2-30-18(29)9-11-3-5-14-15-7-12(4-6-17(15)26-19(11)14)21-27-22(31-28-21)13-8-16(23)20(24)25-10-13/h4,6-8,10-11,26H,2-3,5,9H2,1H3. The van der Waals surface area contributed by atoms with E-state index >= 15 is 0 Å². The topological polar surface area (TPSA) is 93.9 Å². The molecule has 0 fully saturated rings. The van der Waals surface area contributed by atoms with Gasteiger partial charge in [-0.05, 0) is 49.6 Å². The van der Waals surface area contributed by atoms with E-state index in [1.54, 1.807) is 6.07 Å². The molecular weight excluding hydrogens is 439 g/mol. The van der Waals surface area contributed by atoms with Gasteiger partial charge in [0.05, 0.1) is 23.6 Å². The second-order valence-electron chi connectivity index (χ2n) is 7.44. The highest BCUT2D eigenvalue weighted by molar-refractivity contribution is 6.41. The molecule has 0 amide bonds. The predicted octanol–water partition coefficient (Wildman–Crippen LogP) is 5.57. The van der Waals surface area contributed by atoms with Crippen molar-refractivity contribution in [3.8, 4) is 22.8 Å². The molecule has 1 unspecified atom stereocenters. The Labute approximate surface area is 187 Å². The van der Waals surface area contributed by atoms with E-state index in [9.17, 15) is 4.79 Å². The molecule has 5 rings (SSSR count). The highest BCUT2D eigenvalue weighted by atomic mass is 35.5. The Morgan fingerprint density at radius 1 is 1.29 bits per heavy atom. The quantitative estimate of drug-likeness (QED) is 0.311. The van der Waals surface area contributed by atoms with E-state index in [1.807, 2.05) is 19.1 Å². The lowest BCUT2D eigenvalue weighted by Crippen LogP contribution is -2.08. The van der Waals surface area contributed by atoms with Crippen molar-refractivity contribution < 1.29 is 14.1 Å². The number of H-pyrrole nitrogens is 1. The lowest BCUT2D eigenvalue weighted by Gasteiger charge is -2.08. The summed E-state index contributed by atoms with van der Waals surface area (Å²) in [7, 11) is 0. The molecule has 0 saturated carbocycles. The number of fused-ring (bicyclic) bond motifs is 3. The number of hydrogen-bond acceptors (Lipinski definition) is 6. The zero-order chi connectivity index (χ0) is 21.5. The SMILES string of the molecule is CCOC(=O)CC1CCc2c1[nH]c1ccc(-c3noc(-c4cnc(Cl)c(Cl)c4)n3)cc21. The number of carbonyl (C=O) groups is 1. The molecule has 0 radical (unpaired) electrons. The average molecular weight is 457 g/mol. The van der Waals surface area contributed by atoms with Crippen LogP contribution in [0.2, 0.25) is 10.2 Å². The smallest absolute Gasteiger partial charge is 0.306 e. The van der Waals surface area contributed by atoms with Crippen molar-refractivity contribution in [1.82, 2.24) is 20.1 Å². The number of nitrogens with one attached hydrogen (secondary N) is 1. The normalized spacial score (nSPS) is 15.4. The van der Waals surface area contributed by atoms with Crippen molar-refractivity contribution in [3.63, 3.8) is 0 Å². The Bertz CT molecular complexity index is 1300. The molecule has 31 heavy (non-hydrogen) atoms. The number of esters is 1. The van der Waals surface area contributed by atoms with Crippen LogP contribution in [0.5, 0.6) is 0 Å². The molecule has 0 saturated heterocycles. The largest absolute Gasteiger partial charge is 0.466 e. The van der Waals surface area contributed by atoms with Gasteiger partial charge in [0, 0.05) is 34.3 Å². The first kappa shape index (κ1) is 20.0. The van der Waals surface area contributed by atoms with Gasteiger partial charge in [0.1, 0.15) is 5.15 Å². The van der Waals surface area contributed by atoms with E-state index in [2.05, 4.69) is 26.2 Å². The minimum absolute atomic E-state index is 0.156. The second kappa shape index (κ2) is 7.98. The monoisotopic (exact) mass is 456 g/mol. The molecule has 1 N–H and O–H groups in total. The Morgan fingerprint density at radius 2 is 2.16 bits per heavy atom. The van der Waals surface area contributed by atoms with Crippen LogP contribution < -0.4 is 0 Å². The van der Waals surface area contributed by atoms with Crippen molar-refractivity contribution in [1.29, 1.82) is 0 Å². The number of pyridine rings is 1. The first-order chi connectivity index (χ1) is 15.0. The summed E-state index contributed by atoms with van der Waals surface area (Å²) in [5.41, 5.74) is 4.82. The molecule has 9 heteroatoms. The fourth-order valence-corrected chi connectivity index (χ4v) is 4.38. The summed E-state index contributed by atoms with van der Waals surface area (Å²) < 4.78 is 10.5. The maximum atomic E-state index is 11.9. The van der Waals surface area contributed by atoms with Crippen LogP contribution in [0.1, 0.15) is 36.9 Å². The number of ether oxygens (including phenoxy) is 1. The van der Waals surface area contributed by atoms with Gasteiger partial charge in [0.2, 0.25) is 5.82 Å². The van der Waals surface area contributed by atoms with Crippen LogP contribution in [0.4, 0.5) is 0 Å². The number of benzene rings is 1. The second-order valence-corrected chi connectivity index (χ2v) is 8.21. The molecule has 1 aromatic carbocycles. The number of hydrogen-bond donors (Lipinski definition) is 1. The summed E-state index contributed by atoms with van der Waals surface area (Å²) in [4.78, 5) is 23.9. The average Bonchev–Trinajstić information content (AvgIpc) is 3.46. The first-order valence-corrected chi connectivity index (χ1v) is 10.7. The zero-order valence-electron chi connectivity index (χ0n) is 16.6. The number of aryl methyl sites for hydroxylation is 1. The highest BCUT2D eigenvalue weighted by Crippen LogP contribution is 2.40. The molecular formula is C22H18Cl2N4O3. The first-order valence-electron chi connectivity index (χ1n) is 9.99. The van der Waals surface area contributed by atoms with Crippen LogP contribution in [-0.4, -0.2) is 32.7 Å². The van der Waals surface area contributed by atoms with E-state index < -0.39 is 0 Å². The molecule has 0 bridgehead atoms. The summed E-state index contributed by atoms with van der Waals surface area (Å²) >= 11 is 11.9. The molecule has 3 aromatic heterocycles. The van der Waals surface area contributed by atoms with Gasteiger partial charge in [-0.3, -0.25) is 4.79 Å². The molecule has 0 aliphatic heterocycles. The molecule has 3 heterocycles. The van der Waals surface area contributed by atoms with Gasteiger partial charge in [-0.25, -0.2) is 4.98 Å². The van der Waals surface area contributed by atoms with Gasteiger partial charge in [-0.2, -0.15) is 4.98 Å². The number of halogens is 2. The molecule has 1 aliphatic rings. The van der Waals surface area contributed by atoms with Crippen molar-refractivity contribution in [2.24, 2.45) is 0 Å². The fraction of sp³-hybridized carbons (Fsp3) is 0.273. The molecule has 1 aliphatic carbocycles. The van der Waals surface area contributed by atoms with Gasteiger partial charge in [0.25, 0.3) is 5.89 Å². The predicted molar refractivity (Wildman–Crippen MR) is 117 cm³/mol. The van der Waals surface area contributed by atoms with E-state index in [0.29, 0.717) is 35.3 Å². The molecule has 7 nitrogen and oxygen atoms in total. The maximum absolute atomic E-state index is 11.9. The summed E-state index contributed by atoms with van der Waals surface area (Å²) in [5, 5.41) is 5.77. The van der Waals surface area contributed by atoms with E-state index in [1.165, 1.54) is 11.8 Å². The van der Waals surface area contributed by atoms with Crippen LogP contribution in [0.15, 0.2) is 35.0 Å². The van der Waals surface area contributed by atoms with Crippen LogP contribution in [0.25, 0.3) is 33.7 Å². The van der Waals surface area contributed by atoms with Gasteiger partial charge < -0.3 is 14.2 Å². The Morgan fingerprint density at radius 3 is 2.97 bits per heavy atom. The third-order valence-corrected chi connectivity index (χ3v) is 6.22. The minimum atomic E-state index is -0.157.